The van der Waals surface area contributed by atoms with Gasteiger partial charge in [-0.05, 0) is 70.2 Å². The van der Waals surface area contributed by atoms with Crippen molar-refractivity contribution in [2.24, 2.45) is 5.92 Å². The molecule has 1 aliphatic rings. The lowest BCUT2D eigenvalue weighted by Crippen LogP contribution is -2.37. The van der Waals surface area contributed by atoms with E-state index in [2.05, 4.69) is 11.8 Å². The zero-order chi connectivity index (χ0) is 24.8. The lowest BCUT2D eigenvalue weighted by Gasteiger charge is -2.27. The van der Waals surface area contributed by atoms with Gasteiger partial charge >= 0.3 is 0 Å². The summed E-state index contributed by atoms with van der Waals surface area (Å²) in [6.07, 6.45) is 2.75. The van der Waals surface area contributed by atoms with E-state index in [1.807, 2.05) is 86.1 Å². The summed E-state index contributed by atoms with van der Waals surface area (Å²) >= 11 is 0. The van der Waals surface area contributed by atoms with E-state index in [0.29, 0.717) is 25.6 Å². The van der Waals surface area contributed by atoms with Gasteiger partial charge in [0.25, 0.3) is 0 Å². The number of hydrogen-bond donors (Lipinski definition) is 1. The molecule has 35 heavy (non-hydrogen) atoms. The van der Waals surface area contributed by atoms with Gasteiger partial charge < -0.3 is 14.6 Å². The summed E-state index contributed by atoms with van der Waals surface area (Å²) in [5, 5.41) is 15.8. The van der Waals surface area contributed by atoms with E-state index in [0.717, 1.165) is 41.5 Å². The number of aliphatic hydroxyl groups is 1. The molecule has 1 atom stereocenters. The van der Waals surface area contributed by atoms with Crippen LogP contribution in [0, 0.1) is 5.92 Å². The topological polar surface area (TPSA) is 59.8 Å². The van der Waals surface area contributed by atoms with Crippen molar-refractivity contribution in [2.75, 3.05) is 19.7 Å². The van der Waals surface area contributed by atoms with Crippen molar-refractivity contribution in [3.63, 3.8) is 0 Å². The zero-order valence-electron chi connectivity index (χ0n) is 21.5. The number of hydrogen-bond acceptors (Lipinski definition) is 5. The Morgan fingerprint density at radius 1 is 1.06 bits per heavy atom. The maximum Gasteiger partial charge on any atom is 0.227 e. The molecule has 0 bridgehead atoms. The number of aliphatic hydroxyl groups excluding tert-OH is 1. The Kier molecular flexibility index (Phi) is 8.26. The summed E-state index contributed by atoms with van der Waals surface area (Å²) in [6, 6.07) is 20.0. The highest BCUT2D eigenvalue weighted by Crippen LogP contribution is 2.34. The number of benzene rings is 2. The Morgan fingerprint density at radius 2 is 1.71 bits per heavy atom. The molecule has 1 aromatic heterocycles. The molecule has 2 aromatic carbocycles. The van der Waals surface area contributed by atoms with Crippen LogP contribution < -0.4 is 4.74 Å². The summed E-state index contributed by atoms with van der Waals surface area (Å²) < 4.78 is 14.2. The van der Waals surface area contributed by atoms with Gasteiger partial charge in [-0.25, -0.2) is 4.68 Å². The summed E-state index contributed by atoms with van der Waals surface area (Å²) in [7, 11) is 0. The number of aryl methyl sites for hydroxylation is 1. The molecular formula is C29H39N3O3. The molecule has 1 saturated carbocycles. The standard InChI is InChI=1S/C29H39N3O3/c1-5-27-26(20-31(18-22-16-17-22)19-24(33)21-34-29(2,3)4)28(35-25-14-10-7-11-15-25)32(30-27)23-12-8-6-9-13-23/h6-15,22,24,33H,5,16-21H2,1-4H3. The van der Waals surface area contributed by atoms with Crippen molar-refractivity contribution >= 4 is 0 Å². The Morgan fingerprint density at radius 3 is 2.31 bits per heavy atom. The summed E-state index contributed by atoms with van der Waals surface area (Å²) in [5.74, 6) is 2.21. The lowest BCUT2D eigenvalue weighted by atomic mass is 10.1. The molecule has 1 fully saturated rings. The minimum atomic E-state index is -0.555. The Labute approximate surface area is 209 Å². The molecule has 0 saturated heterocycles. The highest BCUT2D eigenvalue weighted by Gasteiger charge is 2.29. The number of para-hydroxylation sites is 2. The third-order valence-corrected chi connectivity index (χ3v) is 6.09. The number of ether oxygens (including phenoxy) is 2. The largest absolute Gasteiger partial charge is 0.439 e. The van der Waals surface area contributed by atoms with Crippen molar-refractivity contribution in [3.8, 4) is 17.3 Å². The van der Waals surface area contributed by atoms with Crippen LogP contribution in [0.3, 0.4) is 0 Å². The predicted octanol–water partition coefficient (Wildman–Crippen LogP) is 5.62. The number of rotatable bonds is 12. The third kappa shape index (κ3) is 7.40. The fraction of sp³-hybridized carbons (Fsp3) is 0.483. The maximum absolute atomic E-state index is 10.8. The number of nitrogens with zero attached hydrogens (tertiary/aromatic N) is 3. The van der Waals surface area contributed by atoms with E-state index in [-0.39, 0.29) is 5.60 Å². The van der Waals surface area contributed by atoms with Crippen LogP contribution in [0.15, 0.2) is 60.7 Å². The van der Waals surface area contributed by atoms with E-state index in [1.54, 1.807) is 0 Å². The second kappa shape index (κ2) is 11.4. The van der Waals surface area contributed by atoms with Crippen LogP contribution in [0.4, 0.5) is 0 Å². The molecule has 0 amide bonds. The minimum absolute atomic E-state index is 0.273. The molecule has 4 rings (SSSR count). The smallest absolute Gasteiger partial charge is 0.227 e. The summed E-state index contributed by atoms with van der Waals surface area (Å²) in [4.78, 5) is 2.34. The van der Waals surface area contributed by atoms with E-state index >= 15 is 0 Å². The van der Waals surface area contributed by atoms with Crippen LogP contribution in [0.5, 0.6) is 11.6 Å². The lowest BCUT2D eigenvalue weighted by molar-refractivity contribution is -0.0569. The maximum atomic E-state index is 10.8. The van der Waals surface area contributed by atoms with Gasteiger partial charge in [0, 0.05) is 19.6 Å². The van der Waals surface area contributed by atoms with Crippen LogP contribution in [-0.4, -0.2) is 51.2 Å². The molecule has 0 radical (unpaired) electrons. The van der Waals surface area contributed by atoms with E-state index in [1.165, 1.54) is 12.8 Å². The Balaban J connectivity index is 1.64. The minimum Gasteiger partial charge on any atom is -0.439 e. The number of aromatic nitrogens is 2. The van der Waals surface area contributed by atoms with Crippen molar-refractivity contribution < 1.29 is 14.6 Å². The average molecular weight is 478 g/mol. The normalized spacial score (nSPS) is 14.9. The highest BCUT2D eigenvalue weighted by molar-refractivity contribution is 5.43. The van der Waals surface area contributed by atoms with Crippen molar-refractivity contribution in [1.29, 1.82) is 0 Å². The predicted molar refractivity (Wildman–Crippen MR) is 139 cm³/mol. The first-order valence-electron chi connectivity index (χ1n) is 12.8. The quantitative estimate of drug-likeness (QED) is 0.367. The first-order chi connectivity index (χ1) is 16.8. The van der Waals surface area contributed by atoms with E-state index < -0.39 is 6.10 Å². The summed E-state index contributed by atoms with van der Waals surface area (Å²) in [5.41, 5.74) is 2.78. The van der Waals surface area contributed by atoms with Gasteiger partial charge in [-0.1, -0.05) is 43.3 Å². The van der Waals surface area contributed by atoms with Crippen molar-refractivity contribution in [3.05, 3.63) is 71.9 Å². The molecule has 1 unspecified atom stereocenters. The van der Waals surface area contributed by atoms with Gasteiger partial charge in [-0.2, -0.15) is 5.10 Å². The molecule has 3 aromatic rings. The SMILES string of the molecule is CCc1nn(-c2ccccc2)c(Oc2ccccc2)c1CN(CC(O)COC(C)(C)C)CC1CC1. The van der Waals surface area contributed by atoms with Crippen LogP contribution >= 0.6 is 0 Å². The second-order valence-electron chi connectivity index (χ2n) is 10.5. The van der Waals surface area contributed by atoms with Crippen molar-refractivity contribution in [1.82, 2.24) is 14.7 Å². The molecule has 1 heterocycles. The molecule has 188 valence electrons. The molecule has 6 nitrogen and oxygen atoms in total. The van der Waals surface area contributed by atoms with Gasteiger partial charge in [-0.3, -0.25) is 4.90 Å². The fourth-order valence-electron chi connectivity index (χ4n) is 4.16. The molecule has 1 aliphatic carbocycles. The highest BCUT2D eigenvalue weighted by atomic mass is 16.5. The second-order valence-corrected chi connectivity index (χ2v) is 10.5. The van der Waals surface area contributed by atoms with Crippen LogP contribution in [-0.2, 0) is 17.7 Å². The van der Waals surface area contributed by atoms with Gasteiger partial charge in [-0.15, -0.1) is 0 Å². The van der Waals surface area contributed by atoms with Crippen LogP contribution in [0.25, 0.3) is 5.69 Å². The first kappa shape index (κ1) is 25.4. The van der Waals surface area contributed by atoms with Gasteiger partial charge in [0.1, 0.15) is 5.75 Å². The van der Waals surface area contributed by atoms with Crippen LogP contribution in [0.2, 0.25) is 0 Å². The fourth-order valence-corrected chi connectivity index (χ4v) is 4.16. The van der Waals surface area contributed by atoms with E-state index in [4.69, 9.17) is 14.6 Å². The zero-order valence-corrected chi connectivity index (χ0v) is 21.5. The van der Waals surface area contributed by atoms with Crippen molar-refractivity contribution in [2.45, 2.75) is 65.2 Å². The monoisotopic (exact) mass is 477 g/mol. The van der Waals surface area contributed by atoms with Crippen LogP contribution in [0.1, 0.15) is 51.8 Å². The molecule has 0 spiro atoms. The molecule has 0 aliphatic heterocycles. The summed E-state index contributed by atoms with van der Waals surface area (Å²) in [6.45, 7) is 10.7. The molecule has 6 heteroatoms. The average Bonchev–Trinajstić information content (AvgIpc) is 3.60. The Hall–Kier alpha value is -2.67. The first-order valence-corrected chi connectivity index (χ1v) is 12.8. The van der Waals surface area contributed by atoms with Gasteiger partial charge in [0.05, 0.1) is 35.3 Å². The Bertz CT molecular complexity index is 1060. The van der Waals surface area contributed by atoms with E-state index in [9.17, 15) is 5.11 Å². The van der Waals surface area contributed by atoms with Gasteiger partial charge in [0.15, 0.2) is 0 Å². The van der Waals surface area contributed by atoms with Gasteiger partial charge in [0.2, 0.25) is 5.88 Å². The molecule has 1 N–H and O–H groups in total. The molecular weight excluding hydrogens is 438 g/mol. The third-order valence-electron chi connectivity index (χ3n) is 6.09.